The van der Waals surface area contributed by atoms with Gasteiger partial charge in [-0.1, -0.05) is 24.4 Å². The molecule has 22 heavy (non-hydrogen) atoms. The second-order valence-electron chi connectivity index (χ2n) is 7.00. The number of amides is 1. The van der Waals surface area contributed by atoms with Gasteiger partial charge in [0.05, 0.1) is 0 Å². The number of nitrogens with zero attached hydrogens (tertiary/aromatic N) is 2. The molecule has 1 aromatic rings. The van der Waals surface area contributed by atoms with E-state index in [1.54, 1.807) is 0 Å². The average Bonchev–Trinajstić information content (AvgIpc) is 2.95. The number of aryl methyl sites for hydroxylation is 1. The summed E-state index contributed by atoms with van der Waals surface area (Å²) in [6.07, 6.45) is 11.2. The molecule has 5 nitrogen and oxygen atoms in total. The van der Waals surface area contributed by atoms with Crippen LogP contribution in [0.1, 0.15) is 81.8 Å². The summed E-state index contributed by atoms with van der Waals surface area (Å²) in [6.45, 7) is 1.85. The van der Waals surface area contributed by atoms with E-state index in [0.29, 0.717) is 23.7 Å². The van der Waals surface area contributed by atoms with Crippen molar-refractivity contribution in [2.45, 2.75) is 83.1 Å². The van der Waals surface area contributed by atoms with Crippen LogP contribution in [0.4, 0.5) is 0 Å². The second kappa shape index (κ2) is 7.25. The van der Waals surface area contributed by atoms with Gasteiger partial charge in [0.1, 0.15) is 0 Å². The molecule has 3 rings (SSSR count). The highest BCUT2D eigenvalue weighted by atomic mass is 16.5. The number of hydrogen-bond acceptors (Lipinski definition) is 4. The van der Waals surface area contributed by atoms with Gasteiger partial charge in [0.15, 0.2) is 5.82 Å². The van der Waals surface area contributed by atoms with Crippen LogP contribution in [0.15, 0.2) is 4.52 Å². The molecule has 0 unspecified atom stereocenters. The number of hydrogen-bond donors (Lipinski definition) is 1. The third-order valence-corrected chi connectivity index (χ3v) is 5.18. The molecular formula is C17H27N3O2. The summed E-state index contributed by atoms with van der Waals surface area (Å²) < 4.78 is 5.27. The van der Waals surface area contributed by atoms with Gasteiger partial charge in [-0.2, -0.15) is 4.98 Å². The summed E-state index contributed by atoms with van der Waals surface area (Å²) in [6, 6.07) is 0.330. The van der Waals surface area contributed by atoms with Crippen LogP contribution in [0.5, 0.6) is 0 Å². The van der Waals surface area contributed by atoms with E-state index < -0.39 is 0 Å². The third kappa shape index (κ3) is 4.08. The van der Waals surface area contributed by atoms with Crippen molar-refractivity contribution < 1.29 is 9.32 Å². The van der Waals surface area contributed by atoms with Gasteiger partial charge in [0.25, 0.3) is 0 Å². The van der Waals surface area contributed by atoms with E-state index in [1.807, 2.05) is 6.92 Å². The minimum atomic E-state index is 0.254. The van der Waals surface area contributed by atoms with Gasteiger partial charge in [-0.05, 0) is 51.4 Å². The van der Waals surface area contributed by atoms with E-state index in [-0.39, 0.29) is 5.91 Å². The summed E-state index contributed by atoms with van der Waals surface area (Å²) >= 11 is 0. The standard InChI is InChI=1S/C17H27N3O2/c1-12-18-17(22-20-12)14-7-9-15(10-8-14)19-16(21)11-13-5-3-2-4-6-13/h13-15H,2-11H2,1H3,(H,19,21). The van der Waals surface area contributed by atoms with Crippen LogP contribution in [-0.4, -0.2) is 22.1 Å². The van der Waals surface area contributed by atoms with Gasteiger partial charge in [0, 0.05) is 18.4 Å². The summed E-state index contributed by atoms with van der Waals surface area (Å²) in [5, 5.41) is 7.11. The zero-order chi connectivity index (χ0) is 15.4. The lowest BCUT2D eigenvalue weighted by Crippen LogP contribution is -2.38. The number of rotatable bonds is 4. The maximum atomic E-state index is 12.2. The van der Waals surface area contributed by atoms with Crippen molar-refractivity contribution in [2.75, 3.05) is 0 Å². The monoisotopic (exact) mass is 305 g/mol. The number of aromatic nitrogens is 2. The maximum Gasteiger partial charge on any atom is 0.229 e. The number of carbonyl (C=O) groups is 1. The quantitative estimate of drug-likeness (QED) is 0.924. The van der Waals surface area contributed by atoms with Crippen molar-refractivity contribution in [3.8, 4) is 0 Å². The first-order valence-corrected chi connectivity index (χ1v) is 8.80. The first-order chi connectivity index (χ1) is 10.7. The molecule has 1 heterocycles. The number of nitrogens with one attached hydrogen (secondary N) is 1. The Balaban J connectivity index is 1.40. The van der Waals surface area contributed by atoms with Gasteiger partial charge in [-0.25, -0.2) is 0 Å². The normalized spacial score (nSPS) is 26.8. The van der Waals surface area contributed by atoms with Crippen molar-refractivity contribution in [1.82, 2.24) is 15.5 Å². The molecule has 122 valence electrons. The lowest BCUT2D eigenvalue weighted by atomic mass is 9.85. The molecule has 0 bridgehead atoms. The van der Waals surface area contributed by atoms with Gasteiger partial charge in [-0.3, -0.25) is 4.79 Å². The summed E-state index contributed by atoms with van der Waals surface area (Å²) in [5.41, 5.74) is 0. The molecule has 2 aliphatic rings. The molecule has 2 aliphatic carbocycles. The van der Waals surface area contributed by atoms with E-state index in [0.717, 1.165) is 38.0 Å². The third-order valence-electron chi connectivity index (χ3n) is 5.18. The Morgan fingerprint density at radius 2 is 1.86 bits per heavy atom. The van der Waals surface area contributed by atoms with E-state index in [9.17, 15) is 4.79 Å². The minimum absolute atomic E-state index is 0.254. The van der Waals surface area contributed by atoms with Crippen molar-refractivity contribution in [3.63, 3.8) is 0 Å². The fourth-order valence-electron chi connectivity index (χ4n) is 3.90. The van der Waals surface area contributed by atoms with Crippen LogP contribution >= 0.6 is 0 Å². The molecule has 0 atom stereocenters. The van der Waals surface area contributed by atoms with E-state index in [2.05, 4.69) is 15.5 Å². The highest BCUT2D eigenvalue weighted by Crippen LogP contribution is 2.32. The summed E-state index contributed by atoms with van der Waals surface area (Å²) in [4.78, 5) is 16.5. The Labute approximate surface area is 132 Å². The molecular weight excluding hydrogens is 278 g/mol. The fourth-order valence-corrected chi connectivity index (χ4v) is 3.90. The number of carbonyl (C=O) groups excluding carboxylic acids is 1. The topological polar surface area (TPSA) is 68.0 Å². The molecule has 1 amide bonds. The molecule has 0 aromatic carbocycles. The van der Waals surface area contributed by atoms with E-state index >= 15 is 0 Å². The molecule has 1 N–H and O–H groups in total. The molecule has 0 radical (unpaired) electrons. The zero-order valence-corrected chi connectivity index (χ0v) is 13.5. The van der Waals surface area contributed by atoms with Crippen molar-refractivity contribution in [1.29, 1.82) is 0 Å². The maximum absolute atomic E-state index is 12.2. The second-order valence-corrected chi connectivity index (χ2v) is 7.00. The van der Waals surface area contributed by atoms with Gasteiger partial charge in [0.2, 0.25) is 11.8 Å². The minimum Gasteiger partial charge on any atom is -0.353 e. The van der Waals surface area contributed by atoms with Crippen molar-refractivity contribution in [2.24, 2.45) is 5.92 Å². The smallest absolute Gasteiger partial charge is 0.229 e. The van der Waals surface area contributed by atoms with Crippen LogP contribution in [-0.2, 0) is 4.79 Å². The molecule has 0 saturated heterocycles. The fraction of sp³-hybridized carbons (Fsp3) is 0.824. The van der Waals surface area contributed by atoms with Crippen LogP contribution in [0.25, 0.3) is 0 Å². The highest BCUT2D eigenvalue weighted by molar-refractivity contribution is 5.76. The van der Waals surface area contributed by atoms with E-state index in [1.165, 1.54) is 32.1 Å². The highest BCUT2D eigenvalue weighted by Gasteiger charge is 2.27. The molecule has 1 aromatic heterocycles. The van der Waals surface area contributed by atoms with Crippen LogP contribution < -0.4 is 5.32 Å². The first kappa shape index (κ1) is 15.5. The Hall–Kier alpha value is -1.39. The predicted octanol–water partition coefficient (Wildman–Crippen LogP) is 3.49. The Kier molecular flexibility index (Phi) is 5.11. The van der Waals surface area contributed by atoms with Crippen molar-refractivity contribution in [3.05, 3.63) is 11.7 Å². The summed E-state index contributed by atoms with van der Waals surface area (Å²) in [7, 11) is 0. The van der Waals surface area contributed by atoms with Crippen LogP contribution in [0, 0.1) is 12.8 Å². The first-order valence-electron chi connectivity index (χ1n) is 8.80. The molecule has 2 saturated carbocycles. The van der Waals surface area contributed by atoms with Crippen LogP contribution in [0.3, 0.4) is 0 Å². The van der Waals surface area contributed by atoms with Gasteiger partial charge < -0.3 is 9.84 Å². The largest absolute Gasteiger partial charge is 0.353 e. The molecule has 0 aliphatic heterocycles. The molecule has 5 heteroatoms. The summed E-state index contributed by atoms with van der Waals surface area (Å²) in [5.74, 6) is 2.71. The lowest BCUT2D eigenvalue weighted by Gasteiger charge is -2.28. The Morgan fingerprint density at radius 1 is 1.14 bits per heavy atom. The SMILES string of the molecule is Cc1noc(C2CCC(NC(=O)CC3CCCCC3)CC2)n1. The Morgan fingerprint density at radius 3 is 2.50 bits per heavy atom. The van der Waals surface area contributed by atoms with Gasteiger partial charge in [-0.15, -0.1) is 0 Å². The van der Waals surface area contributed by atoms with Crippen LogP contribution in [0.2, 0.25) is 0 Å². The molecule has 0 spiro atoms. The predicted molar refractivity (Wildman–Crippen MR) is 83.4 cm³/mol. The zero-order valence-electron chi connectivity index (χ0n) is 13.5. The van der Waals surface area contributed by atoms with Gasteiger partial charge >= 0.3 is 0 Å². The van der Waals surface area contributed by atoms with E-state index in [4.69, 9.17) is 4.52 Å². The van der Waals surface area contributed by atoms with Crippen molar-refractivity contribution >= 4 is 5.91 Å². The Bertz CT molecular complexity index is 486. The molecule has 2 fully saturated rings. The average molecular weight is 305 g/mol. The lowest BCUT2D eigenvalue weighted by molar-refractivity contribution is -0.123.